The van der Waals surface area contributed by atoms with Crippen LogP contribution >= 0.6 is 0 Å². The Morgan fingerprint density at radius 2 is 2.58 bits per heavy atom. The molecule has 0 spiro atoms. The summed E-state index contributed by atoms with van der Waals surface area (Å²) in [6.07, 6.45) is 4.19. The van der Waals surface area contributed by atoms with E-state index in [4.69, 9.17) is 11.0 Å². The molecule has 0 fully saturated rings. The van der Waals surface area contributed by atoms with E-state index in [2.05, 4.69) is 14.9 Å². The lowest BCUT2D eigenvalue weighted by molar-refractivity contribution is 0.338. The Labute approximate surface area is 70.5 Å². The minimum absolute atomic E-state index is 0.606. The van der Waals surface area contributed by atoms with Crippen LogP contribution in [-0.4, -0.2) is 17.3 Å². The minimum Gasteiger partial charge on any atom is -0.504 e. The van der Waals surface area contributed by atoms with Gasteiger partial charge >= 0.3 is 0 Å². The van der Waals surface area contributed by atoms with Crippen molar-refractivity contribution in [3.63, 3.8) is 0 Å². The highest BCUT2D eigenvalue weighted by Crippen LogP contribution is 1.86. The molecule has 0 aliphatic rings. The molecule has 0 unspecified atom stereocenters. The Hall–Kier alpha value is -1.96. The summed E-state index contributed by atoms with van der Waals surface area (Å²) in [5.41, 5.74) is 5.16. The summed E-state index contributed by atoms with van der Waals surface area (Å²) < 4.78 is 4.38. The number of aromatic amines is 1. The van der Waals surface area contributed by atoms with E-state index >= 15 is 0 Å². The molecule has 0 radical (unpaired) electrons. The van der Waals surface area contributed by atoms with E-state index in [1.807, 2.05) is 0 Å². The van der Waals surface area contributed by atoms with E-state index in [0.29, 0.717) is 5.82 Å². The number of H-pyrrole nitrogens is 1. The van der Waals surface area contributed by atoms with Gasteiger partial charge < -0.3 is 10.5 Å². The number of nitrogen functional groups attached to an aromatic ring is 1. The van der Waals surface area contributed by atoms with Gasteiger partial charge in [0.15, 0.2) is 0 Å². The minimum atomic E-state index is 0.606. The zero-order valence-electron chi connectivity index (χ0n) is 6.69. The number of allylic oxidation sites excluding steroid dienone is 1. The SMILES string of the molecule is CO/C=C/C#N.Nc1ccn[nH]1. The van der Waals surface area contributed by atoms with Gasteiger partial charge in [-0.3, -0.25) is 5.10 Å². The monoisotopic (exact) mass is 166 g/mol. The predicted octanol–water partition coefficient (Wildman–Crippen LogP) is 0.662. The molecule has 0 aliphatic carbocycles. The van der Waals surface area contributed by atoms with Crippen LogP contribution in [0.15, 0.2) is 24.6 Å². The molecular weight excluding hydrogens is 156 g/mol. The van der Waals surface area contributed by atoms with E-state index in [1.54, 1.807) is 18.3 Å². The second kappa shape index (κ2) is 7.15. The second-order valence-electron chi connectivity index (χ2n) is 1.68. The largest absolute Gasteiger partial charge is 0.504 e. The van der Waals surface area contributed by atoms with Crippen LogP contribution in [0.3, 0.4) is 0 Å². The second-order valence-corrected chi connectivity index (χ2v) is 1.68. The molecule has 12 heavy (non-hydrogen) atoms. The smallest absolute Gasteiger partial charge is 0.118 e. The van der Waals surface area contributed by atoms with Crippen LogP contribution in [0.5, 0.6) is 0 Å². The van der Waals surface area contributed by atoms with Gasteiger partial charge in [-0.15, -0.1) is 0 Å². The summed E-state index contributed by atoms with van der Waals surface area (Å²) in [7, 11) is 1.49. The molecule has 0 aromatic carbocycles. The van der Waals surface area contributed by atoms with Crippen LogP contribution < -0.4 is 5.73 Å². The fourth-order valence-electron chi connectivity index (χ4n) is 0.365. The maximum Gasteiger partial charge on any atom is 0.118 e. The molecule has 3 N–H and O–H groups in total. The van der Waals surface area contributed by atoms with Crippen LogP contribution in [0, 0.1) is 11.3 Å². The van der Waals surface area contributed by atoms with Crippen molar-refractivity contribution in [3.05, 3.63) is 24.6 Å². The van der Waals surface area contributed by atoms with Gasteiger partial charge in [0.1, 0.15) is 5.82 Å². The highest BCUT2D eigenvalue weighted by atomic mass is 16.5. The van der Waals surface area contributed by atoms with Crippen LogP contribution in [0.1, 0.15) is 0 Å². The van der Waals surface area contributed by atoms with Gasteiger partial charge in [-0.05, 0) is 6.07 Å². The third-order valence-corrected chi connectivity index (χ3v) is 0.801. The Kier molecular flexibility index (Phi) is 5.98. The maximum absolute atomic E-state index is 7.78. The summed E-state index contributed by atoms with van der Waals surface area (Å²) in [5, 5.41) is 13.9. The summed E-state index contributed by atoms with van der Waals surface area (Å²) in [6.45, 7) is 0. The molecule has 0 atom stereocenters. The Bertz CT molecular complexity index is 247. The molecule has 5 nitrogen and oxygen atoms in total. The lowest BCUT2D eigenvalue weighted by Gasteiger charge is -1.75. The summed E-state index contributed by atoms with van der Waals surface area (Å²) in [4.78, 5) is 0. The number of aromatic nitrogens is 2. The van der Waals surface area contributed by atoms with Gasteiger partial charge in [-0.1, -0.05) is 0 Å². The first-order valence-electron chi connectivity index (χ1n) is 3.13. The van der Waals surface area contributed by atoms with Crippen LogP contribution in [0.2, 0.25) is 0 Å². The van der Waals surface area contributed by atoms with E-state index in [1.165, 1.54) is 19.4 Å². The van der Waals surface area contributed by atoms with Crippen LogP contribution in [0.25, 0.3) is 0 Å². The first kappa shape index (κ1) is 10.0. The number of methoxy groups -OCH3 is 1. The summed E-state index contributed by atoms with van der Waals surface area (Å²) in [5.74, 6) is 0.606. The molecule has 0 bridgehead atoms. The third kappa shape index (κ3) is 6.16. The van der Waals surface area contributed by atoms with Crippen LogP contribution in [-0.2, 0) is 4.74 Å². The number of nitriles is 1. The lowest BCUT2D eigenvalue weighted by atomic mass is 10.7. The third-order valence-electron chi connectivity index (χ3n) is 0.801. The van der Waals surface area contributed by atoms with Crippen molar-refractivity contribution in [1.82, 2.24) is 10.2 Å². The Morgan fingerprint density at radius 3 is 2.75 bits per heavy atom. The number of ether oxygens (including phenoxy) is 1. The molecule has 0 saturated heterocycles. The average Bonchev–Trinajstić information content (AvgIpc) is 2.53. The number of nitrogens with two attached hydrogens (primary N) is 1. The van der Waals surface area contributed by atoms with Gasteiger partial charge in [0.25, 0.3) is 0 Å². The van der Waals surface area contributed by atoms with Crippen molar-refractivity contribution in [2.75, 3.05) is 12.8 Å². The molecular formula is C7H10N4O. The van der Waals surface area contributed by atoms with Gasteiger partial charge in [0.2, 0.25) is 0 Å². The molecule has 0 saturated carbocycles. The molecule has 1 heterocycles. The summed E-state index contributed by atoms with van der Waals surface area (Å²) >= 11 is 0. The Balaban J connectivity index is 0.000000202. The molecule has 1 rings (SSSR count). The van der Waals surface area contributed by atoms with Crippen molar-refractivity contribution in [1.29, 1.82) is 5.26 Å². The summed E-state index contributed by atoms with van der Waals surface area (Å²) in [6, 6.07) is 3.46. The molecule has 0 amide bonds. The first-order chi connectivity index (χ1) is 5.81. The first-order valence-corrected chi connectivity index (χ1v) is 3.13. The highest BCUT2D eigenvalue weighted by Gasteiger charge is 1.74. The number of hydrogen-bond acceptors (Lipinski definition) is 4. The highest BCUT2D eigenvalue weighted by molar-refractivity contribution is 5.22. The topological polar surface area (TPSA) is 87.7 Å². The fraction of sp³-hybridized carbons (Fsp3) is 0.143. The van der Waals surface area contributed by atoms with Gasteiger partial charge in [0.05, 0.1) is 31.7 Å². The van der Waals surface area contributed by atoms with Gasteiger partial charge in [-0.25, -0.2) is 0 Å². The zero-order valence-corrected chi connectivity index (χ0v) is 6.69. The average molecular weight is 166 g/mol. The van der Waals surface area contributed by atoms with E-state index in [9.17, 15) is 0 Å². The maximum atomic E-state index is 7.78. The lowest BCUT2D eigenvalue weighted by Crippen LogP contribution is -1.81. The van der Waals surface area contributed by atoms with Crippen molar-refractivity contribution in [2.45, 2.75) is 0 Å². The number of nitrogens with zero attached hydrogens (tertiary/aromatic N) is 2. The zero-order chi connectivity index (χ0) is 9.23. The molecule has 0 aliphatic heterocycles. The van der Waals surface area contributed by atoms with Gasteiger partial charge in [-0.2, -0.15) is 10.4 Å². The van der Waals surface area contributed by atoms with Crippen molar-refractivity contribution >= 4 is 5.82 Å². The fourth-order valence-corrected chi connectivity index (χ4v) is 0.365. The number of nitrogens with one attached hydrogen (secondary N) is 1. The molecule has 64 valence electrons. The number of hydrogen-bond donors (Lipinski definition) is 2. The van der Waals surface area contributed by atoms with Crippen LogP contribution in [0.4, 0.5) is 5.82 Å². The van der Waals surface area contributed by atoms with Gasteiger partial charge in [0, 0.05) is 0 Å². The van der Waals surface area contributed by atoms with E-state index in [0.717, 1.165) is 0 Å². The van der Waals surface area contributed by atoms with Crippen molar-refractivity contribution in [2.24, 2.45) is 0 Å². The van der Waals surface area contributed by atoms with Crippen molar-refractivity contribution < 1.29 is 4.74 Å². The quantitative estimate of drug-likeness (QED) is 0.474. The van der Waals surface area contributed by atoms with E-state index in [-0.39, 0.29) is 0 Å². The normalized spacial score (nSPS) is 8.33. The molecule has 1 aromatic heterocycles. The Morgan fingerprint density at radius 1 is 1.83 bits per heavy atom. The molecule has 1 aromatic rings. The van der Waals surface area contributed by atoms with Crippen molar-refractivity contribution in [3.8, 4) is 6.07 Å². The number of anilines is 1. The van der Waals surface area contributed by atoms with E-state index < -0.39 is 0 Å². The molecule has 5 heteroatoms. The number of rotatable bonds is 1. The standard InChI is InChI=1S/C4H5NO.C3H5N3/c1-6-4-2-3-5;4-3-1-2-5-6-3/h2,4H,1H3;1-2H,(H3,4,5,6)/b4-2+;. The predicted molar refractivity (Wildman–Crippen MR) is 44.8 cm³/mol.